The van der Waals surface area contributed by atoms with E-state index in [2.05, 4.69) is 0 Å². The normalized spacial score (nSPS) is 10.6. The number of nitrogens with zero attached hydrogens (tertiary/aromatic N) is 1. The largest absolute Gasteiger partial charge is 0.298 e. The zero-order valence-electron chi connectivity index (χ0n) is 9.48. The molecule has 0 spiro atoms. The second-order valence-electron chi connectivity index (χ2n) is 3.14. The molecule has 0 aromatic heterocycles. The quantitative estimate of drug-likeness (QED) is 0.651. The van der Waals surface area contributed by atoms with Gasteiger partial charge in [-0.1, -0.05) is 34.6 Å². The van der Waals surface area contributed by atoms with Crippen LogP contribution in [-0.2, 0) is 0 Å². The van der Waals surface area contributed by atoms with E-state index in [0.29, 0.717) is 12.5 Å². The van der Waals surface area contributed by atoms with Crippen molar-refractivity contribution in [2.75, 3.05) is 19.6 Å². The highest BCUT2D eigenvalue weighted by atomic mass is 19.3. The van der Waals surface area contributed by atoms with Gasteiger partial charge in [-0.3, -0.25) is 4.90 Å². The topological polar surface area (TPSA) is 3.24 Å². The Morgan fingerprint density at radius 3 is 1.77 bits per heavy atom. The van der Waals surface area contributed by atoms with Gasteiger partial charge in [-0.25, -0.2) is 8.78 Å². The van der Waals surface area contributed by atoms with Crippen LogP contribution in [0, 0.1) is 5.92 Å². The Bertz CT molecular complexity index is 84.9. The maximum absolute atomic E-state index is 11.9. The van der Waals surface area contributed by atoms with Gasteiger partial charge in [0.1, 0.15) is 0 Å². The van der Waals surface area contributed by atoms with Gasteiger partial charge in [-0.15, -0.1) is 0 Å². The number of alkyl halides is 2. The Hall–Kier alpha value is -0.180. The molecule has 0 aromatic carbocycles. The lowest BCUT2D eigenvalue weighted by atomic mass is 10.2. The predicted octanol–water partition coefficient (Wildman–Crippen LogP) is 3.26. The molecular weight excluding hydrogens is 172 g/mol. The highest BCUT2D eigenvalue weighted by Gasteiger charge is 2.10. The van der Waals surface area contributed by atoms with Crippen LogP contribution in [0.3, 0.4) is 0 Å². The van der Waals surface area contributed by atoms with Gasteiger partial charge in [-0.2, -0.15) is 0 Å². The number of halogens is 2. The molecule has 0 N–H and O–H groups in total. The monoisotopic (exact) mass is 195 g/mol. The molecule has 0 rings (SSSR count). The highest BCUT2D eigenvalue weighted by molar-refractivity contribution is 4.58. The lowest BCUT2D eigenvalue weighted by Gasteiger charge is -2.21. The molecule has 0 amide bonds. The van der Waals surface area contributed by atoms with Gasteiger partial charge in [0.2, 0.25) is 0 Å². The van der Waals surface area contributed by atoms with Gasteiger partial charge in [0.05, 0.1) is 6.54 Å². The van der Waals surface area contributed by atoms with Crippen LogP contribution < -0.4 is 0 Å². The van der Waals surface area contributed by atoms with E-state index in [1.54, 1.807) is 4.90 Å². The third-order valence-electron chi connectivity index (χ3n) is 1.47. The third kappa shape index (κ3) is 11.8. The number of hydrogen-bond donors (Lipinski definition) is 0. The van der Waals surface area contributed by atoms with Crippen molar-refractivity contribution < 1.29 is 8.78 Å². The molecule has 0 saturated carbocycles. The fraction of sp³-hybridized carbons (Fsp3) is 1.00. The van der Waals surface area contributed by atoms with Crippen molar-refractivity contribution in [2.45, 2.75) is 41.0 Å². The van der Waals surface area contributed by atoms with Crippen molar-refractivity contribution in [2.24, 2.45) is 5.92 Å². The molecule has 0 atom stereocenters. The minimum Gasteiger partial charge on any atom is -0.298 e. The van der Waals surface area contributed by atoms with Gasteiger partial charge in [0.15, 0.2) is 0 Å². The van der Waals surface area contributed by atoms with E-state index in [4.69, 9.17) is 0 Å². The molecule has 0 aliphatic heterocycles. The summed E-state index contributed by atoms with van der Waals surface area (Å²) in [5, 5.41) is 0. The molecule has 0 unspecified atom stereocenters. The lowest BCUT2D eigenvalue weighted by molar-refractivity contribution is 0.0853. The van der Waals surface area contributed by atoms with Crippen molar-refractivity contribution in [1.82, 2.24) is 4.90 Å². The molecule has 0 heterocycles. The van der Waals surface area contributed by atoms with Crippen LogP contribution in [0.15, 0.2) is 0 Å². The molecule has 1 nitrogen and oxygen atoms in total. The zero-order chi connectivity index (χ0) is 10.9. The summed E-state index contributed by atoms with van der Waals surface area (Å²) in [5.74, 6) is 0.466. The first kappa shape index (κ1) is 15.3. The van der Waals surface area contributed by atoms with Crippen LogP contribution in [0.25, 0.3) is 0 Å². The molecular formula is C10H23F2N. The number of rotatable bonds is 5. The van der Waals surface area contributed by atoms with E-state index in [1.165, 1.54) is 0 Å². The first-order valence-electron chi connectivity index (χ1n) is 5.06. The van der Waals surface area contributed by atoms with Crippen LogP contribution in [0.4, 0.5) is 8.78 Å². The average molecular weight is 195 g/mol. The second kappa shape index (κ2) is 9.90. The Morgan fingerprint density at radius 1 is 1.08 bits per heavy atom. The van der Waals surface area contributed by atoms with Crippen LogP contribution in [0.5, 0.6) is 0 Å². The maximum atomic E-state index is 11.9. The molecule has 3 heteroatoms. The Morgan fingerprint density at radius 2 is 1.54 bits per heavy atom. The van der Waals surface area contributed by atoms with Crippen molar-refractivity contribution in [1.29, 1.82) is 0 Å². The fourth-order valence-corrected chi connectivity index (χ4v) is 1.04. The first-order chi connectivity index (χ1) is 6.06. The van der Waals surface area contributed by atoms with Crippen LogP contribution in [0.1, 0.15) is 34.6 Å². The standard InChI is InChI=1S/C8H17F2N.C2H6/c1-4-11(5-7(2)3)6-8(9)10;1-2/h7-8H,4-6H2,1-3H3;1-2H3. The summed E-state index contributed by atoms with van der Waals surface area (Å²) in [5.41, 5.74) is 0. The number of hydrogen-bond acceptors (Lipinski definition) is 1. The van der Waals surface area contributed by atoms with Crippen molar-refractivity contribution in [3.8, 4) is 0 Å². The first-order valence-corrected chi connectivity index (χ1v) is 5.06. The predicted molar refractivity (Wildman–Crippen MR) is 54.3 cm³/mol. The van der Waals surface area contributed by atoms with Gasteiger partial charge in [0, 0.05) is 6.54 Å². The Labute approximate surface area is 81.1 Å². The zero-order valence-corrected chi connectivity index (χ0v) is 9.48. The molecule has 0 radical (unpaired) electrons. The maximum Gasteiger partial charge on any atom is 0.251 e. The summed E-state index contributed by atoms with van der Waals surface area (Å²) in [6, 6.07) is 0. The van der Waals surface area contributed by atoms with E-state index in [-0.39, 0.29) is 6.54 Å². The third-order valence-corrected chi connectivity index (χ3v) is 1.47. The molecule has 0 aliphatic carbocycles. The fourth-order valence-electron chi connectivity index (χ4n) is 1.04. The van der Waals surface area contributed by atoms with Crippen molar-refractivity contribution in [3.05, 3.63) is 0 Å². The van der Waals surface area contributed by atoms with Gasteiger partial charge in [0.25, 0.3) is 6.43 Å². The molecule has 0 aliphatic rings. The van der Waals surface area contributed by atoms with E-state index in [9.17, 15) is 8.78 Å². The second-order valence-corrected chi connectivity index (χ2v) is 3.14. The Kier molecular flexibility index (Phi) is 11.7. The summed E-state index contributed by atoms with van der Waals surface area (Å²) in [6.07, 6.45) is -2.20. The van der Waals surface area contributed by atoms with E-state index in [0.717, 1.165) is 6.54 Å². The molecule has 0 aromatic rings. The van der Waals surface area contributed by atoms with Crippen LogP contribution in [-0.4, -0.2) is 31.0 Å². The van der Waals surface area contributed by atoms with Crippen LogP contribution >= 0.6 is 0 Å². The van der Waals surface area contributed by atoms with E-state index >= 15 is 0 Å². The SMILES string of the molecule is CC.CCN(CC(C)C)CC(F)F. The molecule has 82 valence electrons. The summed E-state index contributed by atoms with van der Waals surface area (Å²) in [4.78, 5) is 1.77. The van der Waals surface area contributed by atoms with E-state index in [1.807, 2.05) is 34.6 Å². The molecule has 0 bridgehead atoms. The smallest absolute Gasteiger partial charge is 0.251 e. The minimum absolute atomic E-state index is 0.0886. The van der Waals surface area contributed by atoms with E-state index < -0.39 is 6.43 Å². The summed E-state index contributed by atoms with van der Waals surface area (Å²) >= 11 is 0. The van der Waals surface area contributed by atoms with Gasteiger partial charge in [-0.05, 0) is 12.5 Å². The Balaban J connectivity index is 0. The molecule has 0 fully saturated rings. The van der Waals surface area contributed by atoms with Crippen molar-refractivity contribution in [3.63, 3.8) is 0 Å². The summed E-state index contributed by atoms with van der Waals surface area (Å²) < 4.78 is 23.8. The highest BCUT2D eigenvalue weighted by Crippen LogP contribution is 2.02. The van der Waals surface area contributed by atoms with Gasteiger partial charge < -0.3 is 0 Å². The summed E-state index contributed by atoms with van der Waals surface area (Å²) in [7, 11) is 0. The average Bonchev–Trinajstić information content (AvgIpc) is 2.05. The van der Waals surface area contributed by atoms with Crippen molar-refractivity contribution >= 4 is 0 Å². The molecule has 0 saturated heterocycles. The summed E-state index contributed by atoms with van der Waals surface area (Å²) in [6.45, 7) is 11.4. The molecule has 13 heavy (non-hydrogen) atoms. The van der Waals surface area contributed by atoms with Gasteiger partial charge >= 0.3 is 0 Å². The van der Waals surface area contributed by atoms with Crippen LogP contribution in [0.2, 0.25) is 0 Å². The minimum atomic E-state index is -2.20. The lowest BCUT2D eigenvalue weighted by Crippen LogP contribution is -2.31.